The first-order valence-electron chi connectivity index (χ1n) is 6.80. The molecule has 0 aromatic heterocycles. The molecule has 0 heterocycles. The molecule has 0 saturated heterocycles. The highest BCUT2D eigenvalue weighted by Crippen LogP contribution is 2.21. The molecule has 0 aliphatic carbocycles. The number of methoxy groups -OCH3 is 1. The Morgan fingerprint density at radius 1 is 1.15 bits per heavy atom. The van der Waals surface area contributed by atoms with Crippen LogP contribution in [-0.2, 0) is 9.53 Å². The Bertz CT molecular complexity index is 401. The Kier molecular flexibility index (Phi) is 7.69. The second-order valence-corrected chi connectivity index (χ2v) is 4.59. The van der Waals surface area contributed by atoms with Crippen LogP contribution >= 0.6 is 0 Å². The average molecular weight is 280 g/mol. The van der Waals surface area contributed by atoms with Crippen LogP contribution in [0.25, 0.3) is 0 Å². The van der Waals surface area contributed by atoms with Crippen LogP contribution in [0.2, 0.25) is 0 Å². The number of aryl methyl sites for hydroxylation is 2. The highest BCUT2D eigenvalue weighted by Gasteiger charge is 2.03. The molecule has 0 spiro atoms. The maximum absolute atomic E-state index is 11.5. The smallest absolute Gasteiger partial charge is 0.234 e. The van der Waals surface area contributed by atoms with Crippen molar-refractivity contribution in [2.45, 2.75) is 13.8 Å². The van der Waals surface area contributed by atoms with Gasteiger partial charge in [-0.2, -0.15) is 0 Å². The monoisotopic (exact) mass is 280 g/mol. The topological polar surface area (TPSA) is 59.6 Å². The number of rotatable bonds is 9. The van der Waals surface area contributed by atoms with Gasteiger partial charge in [0.2, 0.25) is 5.91 Å². The SMILES string of the molecule is COCCNCC(=O)NCCOc1c(C)cccc1C. The second-order valence-electron chi connectivity index (χ2n) is 4.59. The Labute approximate surface area is 120 Å². The fourth-order valence-electron chi connectivity index (χ4n) is 1.81. The molecule has 1 aromatic carbocycles. The normalized spacial score (nSPS) is 10.3. The zero-order valence-electron chi connectivity index (χ0n) is 12.5. The summed E-state index contributed by atoms with van der Waals surface area (Å²) < 4.78 is 10.6. The van der Waals surface area contributed by atoms with Crippen molar-refractivity contribution in [1.29, 1.82) is 0 Å². The van der Waals surface area contributed by atoms with Gasteiger partial charge < -0.3 is 20.1 Å². The van der Waals surface area contributed by atoms with Crippen molar-refractivity contribution in [2.75, 3.05) is 40.0 Å². The summed E-state index contributed by atoms with van der Waals surface area (Å²) in [6, 6.07) is 6.03. The highest BCUT2D eigenvalue weighted by molar-refractivity contribution is 5.77. The number of nitrogens with one attached hydrogen (secondary N) is 2. The third-order valence-corrected chi connectivity index (χ3v) is 2.85. The predicted molar refractivity (Wildman–Crippen MR) is 79.2 cm³/mol. The number of carbonyl (C=O) groups excluding carboxylic acids is 1. The summed E-state index contributed by atoms with van der Waals surface area (Å²) in [4.78, 5) is 11.5. The summed E-state index contributed by atoms with van der Waals surface area (Å²) in [6.45, 7) is 6.56. The maximum atomic E-state index is 11.5. The largest absolute Gasteiger partial charge is 0.491 e. The minimum atomic E-state index is -0.0359. The van der Waals surface area contributed by atoms with Gasteiger partial charge in [0.1, 0.15) is 12.4 Å². The van der Waals surface area contributed by atoms with E-state index in [1.807, 2.05) is 32.0 Å². The number of hydrogen-bond acceptors (Lipinski definition) is 4. The molecular weight excluding hydrogens is 256 g/mol. The summed E-state index contributed by atoms with van der Waals surface area (Å²) >= 11 is 0. The standard InChI is InChI=1S/C15H24N2O3/c1-12-5-4-6-13(2)15(12)20-10-8-17-14(18)11-16-7-9-19-3/h4-6,16H,7-11H2,1-3H3,(H,17,18). The van der Waals surface area contributed by atoms with Crippen LogP contribution in [0, 0.1) is 13.8 Å². The lowest BCUT2D eigenvalue weighted by molar-refractivity contribution is -0.120. The van der Waals surface area contributed by atoms with Crippen molar-refractivity contribution >= 4 is 5.91 Å². The first-order chi connectivity index (χ1) is 9.65. The van der Waals surface area contributed by atoms with Crippen molar-refractivity contribution in [3.05, 3.63) is 29.3 Å². The molecule has 0 atom stereocenters. The summed E-state index contributed by atoms with van der Waals surface area (Å²) in [6.07, 6.45) is 0. The van der Waals surface area contributed by atoms with E-state index in [0.717, 1.165) is 16.9 Å². The lowest BCUT2D eigenvalue weighted by Crippen LogP contribution is -2.37. The van der Waals surface area contributed by atoms with Crippen molar-refractivity contribution in [3.8, 4) is 5.75 Å². The van der Waals surface area contributed by atoms with E-state index in [2.05, 4.69) is 10.6 Å². The molecule has 2 N–H and O–H groups in total. The predicted octanol–water partition coefficient (Wildman–Crippen LogP) is 1.03. The first kappa shape index (κ1) is 16.5. The Balaban J connectivity index is 2.17. The molecule has 5 nitrogen and oxygen atoms in total. The van der Waals surface area contributed by atoms with Crippen LogP contribution in [0.1, 0.15) is 11.1 Å². The molecule has 20 heavy (non-hydrogen) atoms. The van der Waals surface area contributed by atoms with Crippen LogP contribution in [0.15, 0.2) is 18.2 Å². The Morgan fingerprint density at radius 3 is 2.50 bits per heavy atom. The highest BCUT2D eigenvalue weighted by atomic mass is 16.5. The van der Waals surface area contributed by atoms with Crippen molar-refractivity contribution in [2.24, 2.45) is 0 Å². The molecule has 0 aliphatic rings. The fraction of sp³-hybridized carbons (Fsp3) is 0.533. The lowest BCUT2D eigenvalue weighted by atomic mass is 10.1. The van der Waals surface area contributed by atoms with Gasteiger partial charge in [0, 0.05) is 13.7 Å². The van der Waals surface area contributed by atoms with E-state index in [9.17, 15) is 4.79 Å². The van der Waals surface area contributed by atoms with Crippen LogP contribution < -0.4 is 15.4 Å². The number of benzene rings is 1. The van der Waals surface area contributed by atoms with Gasteiger partial charge in [0.25, 0.3) is 0 Å². The second kappa shape index (κ2) is 9.34. The van der Waals surface area contributed by atoms with E-state index in [4.69, 9.17) is 9.47 Å². The minimum Gasteiger partial charge on any atom is -0.491 e. The van der Waals surface area contributed by atoms with E-state index in [1.165, 1.54) is 0 Å². The molecule has 0 bridgehead atoms. The molecule has 0 saturated carbocycles. The van der Waals surface area contributed by atoms with E-state index >= 15 is 0 Å². The number of ether oxygens (including phenoxy) is 2. The van der Waals surface area contributed by atoms with Gasteiger partial charge in [-0.05, 0) is 25.0 Å². The number of carbonyl (C=O) groups is 1. The first-order valence-corrected chi connectivity index (χ1v) is 6.80. The third-order valence-electron chi connectivity index (χ3n) is 2.85. The van der Waals surface area contributed by atoms with E-state index in [1.54, 1.807) is 7.11 Å². The molecule has 1 aromatic rings. The van der Waals surface area contributed by atoms with E-state index < -0.39 is 0 Å². The number of hydrogen-bond donors (Lipinski definition) is 2. The summed E-state index contributed by atoms with van der Waals surface area (Å²) in [5, 5.41) is 5.79. The molecule has 1 amide bonds. The molecule has 1 rings (SSSR count). The Hall–Kier alpha value is -1.59. The van der Waals surface area contributed by atoms with Crippen molar-refractivity contribution in [3.63, 3.8) is 0 Å². The van der Waals surface area contributed by atoms with Gasteiger partial charge in [-0.1, -0.05) is 18.2 Å². The zero-order chi connectivity index (χ0) is 14.8. The molecular formula is C15H24N2O3. The summed E-state index contributed by atoms with van der Waals surface area (Å²) in [5.41, 5.74) is 2.22. The van der Waals surface area contributed by atoms with E-state index in [0.29, 0.717) is 32.8 Å². The zero-order valence-corrected chi connectivity index (χ0v) is 12.5. The van der Waals surface area contributed by atoms with Crippen molar-refractivity contribution < 1.29 is 14.3 Å². The van der Waals surface area contributed by atoms with Crippen LogP contribution in [0.4, 0.5) is 0 Å². The van der Waals surface area contributed by atoms with E-state index in [-0.39, 0.29) is 5.91 Å². The third kappa shape index (κ3) is 6.04. The fourth-order valence-corrected chi connectivity index (χ4v) is 1.81. The molecule has 112 valence electrons. The van der Waals surface area contributed by atoms with Gasteiger partial charge in [-0.25, -0.2) is 0 Å². The number of para-hydroxylation sites is 1. The molecule has 0 unspecified atom stereocenters. The van der Waals surface area contributed by atoms with Gasteiger partial charge in [0.15, 0.2) is 0 Å². The quantitative estimate of drug-likeness (QED) is 0.663. The van der Waals surface area contributed by atoms with Gasteiger partial charge in [0.05, 0.1) is 19.7 Å². The number of amides is 1. The van der Waals surface area contributed by atoms with Crippen LogP contribution in [-0.4, -0.2) is 45.9 Å². The molecule has 0 fully saturated rings. The maximum Gasteiger partial charge on any atom is 0.234 e. The molecule has 0 radical (unpaired) electrons. The summed E-state index contributed by atoms with van der Waals surface area (Å²) in [5.74, 6) is 0.867. The minimum absolute atomic E-state index is 0.0359. The lowest BCUT2D eigenvalue weighted by Gasteiger charge is -2.12. The van der Waals surface area contributed by atoms with Gasteiger partial charge in [-0.3, -0.25) is 4.79 Å². The summed E-state index contributed by atoms with van der Waals surface area (Å²) in [7, 11) is 1.63. The van der Waals surface area contributed by atoms with Gasteiger partial charge >= 0.3 is 0 Å². The molecule has 0 aliphatic heterocycles. The van der Waals surface area contributed by atoms with Crippen molar-refractivity contribution in [1.82, 2.24) is 10.6 Å². The van der Waals surface area contributed by atoms with Crippen LogP contribution in [0.5, 0.6) is 5.75 Å². The Morgan fingerprint density at radius 2 is 1.85 bits per heavy atom. The molecule has 5 heteroatoms. The van der Waals surface area contributed by atoms with Gasteiger partial charge in [-0.15, -0.1) is 0 Å². The average Bonchev–Trinajstić information content (AvgIpc) is 2.42. The van der Waals surface area contributed by atoms with Crippen LogP contribution in [0.3, 0.4) is 0 Å².